The van der Waals surface area contributed by atoms with E-state index in [1.54, 1.807) is 0 Å². The molecule has 0 aliphatic carbocycles. The average Bonchev–Trinajstić information content (AvgIpc) is 2.39. The molecule has 0 bridgehead atoms. The molecule has 0 aromatic carbocycles. The topological polar surface area (TPSA) is 75.9 Å². The first kappa shape index (κ1) is 17.8. The summed E-state index contributed by atoms with van der Waals surface area (Å²) in [5, 5.41) is 0. The molecular weight excluding hydrogens is 298 g/mol. The van der Waals surface area contributed by atoms with Gasteiger partial charge in [-0.1, -0.05) is 12.2 Å². The van der Waals surface area contributed by atoms with E-state index in [0.717, 1.165) is 0 Å². The SMILES string of the molecule is CCOCCS(=O)(=O)N1CCN(C(C)(C)C(N)=S)CC1. The van der Waals surface area contributed by atoms with Crippen molar-refractivity contribution in [3.8, 4) is 0 Å². The molecule has 0 aromatic rings. The Kier molecular flexibility index (Phi) is 6.33. The molecule has 1 heterocycles. The summed E-state index contributed by atoms with van der Waals surface area (Å²) in [6.07, 6.45) is 0. The van der Waals surface area contributed by atoms with E-state index >= 15 is 0 Å². The van der Waals surface area contributed by atoms with Gasteiger partial charge in [-0.25, -0.2) is 8.42 Å². The van der Waals surface area contributed by atoms with Crippen LogP contribution in [-0.2, 0) is 14.8 Å². The molecule has 0 unspecified atom stereocenters. The van der Waals surface area contributed by atoms with Gasteiger partial charge in [0.25, 0.3) is 0 Å². The fourth-order valence-corrected chi connectivity index (χ4v) is 3.55. The molecule has 20 heavy (non-hydrogen) atoms. The smallest absolute Gasteiger partial charge is 0.216 e. The fraction of sp³-hybridized carbons (Fsp3) is 0.917. The minimum Gasteiger partial charge on any atom is -0.392 e. The molecule has 0 amide bonds. The van der Waals surface area contributed by atoms with Gasteiger partial charge < -0.3 is 10.5 Å². The summed E-state index contributed by atoms with van der Waals surface area (Å²) in [5.41, 5.74) is 5.37. The first-order chi connectivity index (χ1) is 9.21. The quantitative estimate of drug-likeness (QED) is 0.526. The maximum atomic E-state index is 12.1. The van der Waals surface area contributed by atoms with E-state index in [2.05, 4.69) is 4.90 Å². The summed E-state index contributed by atoms with van der Waals surface area (Å²) in [4.78, 5) is 2.56. The molecule has 0 aromatic heterocycles. The van der Waals surface area contributed by atoms with Crippen LogP contribution in [0.2, 0.25) is 0 Å². The minimum atomic E-state index is -3.23. The molecular formula is C12H25N3O3S2. The number of sulfonamides is 1. The lowest BCUT2D eigenvalue weighted by Gasteiger charge is -2.43. The Bertz CT molecular complexity index is 429. The average molecular weight is 323 g/mol. The standard InChI is InChI=1S/C12H25N3O3S2/c1-4-18-9-10-20(16,17)15-7-5-14(6-8-15)12(2,3)11(13)19/h4-10H2,1-3H3,(H2,13,19). The molecule has 1 aliphatic rings. The Labute approximate surface area is 127 Å². The number of nitrogens with two attached hydrogens (primary N) is 1. The lowest BCUT2D eigenvalue weighted by molar-refractivity contribution is 0.122. The highest BCUT2D eigenvalue weighted by Gasteiger charge is 2.35. The van der Waals surface area contributed by atoms with Crippen molar-refractivity contribution < 1.29 is 13.2 Å². The number of hydrogen-bond donors (Lipinski definition) is 1. The van der Waals surface area contributed by atoms with Crippen molar-refractivity contribution in [2.45, 2.75) is 26.3 Å². The van der Waals surface area contributed by atoms with Gasteiger partial charge in [-0.3, -0.25) is 4.90 Å². The van der Waals surface area contributed by atoms with Crippen LogP contribution in [0.1, 0.15) is 20.8 Å². The zero-order valence-corrected chi connectivity index (χ0v) is 14.1. The van der Waals surface area contributed by atoms with Crippen molar-refractivity contribution >= 4 is 27.2 Å². The number of hydrogen-bond acceptors (Lipinski definition) is 5. The van der Waals surface area contributed by atoms with Crippen LogP contribution in [0.25, 0.3) is 0 Å². The third kappa shape index (κ3) is 4.36. The van der Waals surface area contributed by atoms with Gasteiger partial charge in [0.15, 0.2) is 0 Å². The van der Waals surface area contributed by atoms with Crippen molar-refractivity contribution in [2.24, 2.45) is 5.73 Å². The van der Waals surface area contributed by atoms with Crippen LogP contribution in [0, 0.1) is 0 Å². The predicted octanol–water partition coefficient (Wildman–Crippen LogP) is 0.0350. The van der Waals surface area contributed by atoms with Gasteiger partial charge in [-0.05, 0) is 20.8 Å². The number of ether oxygens (including phenoxy) is 1. The Morgan fingerprint density at radius 1 is 1.30 bits per heavy atom. The Balaban J connectivity index is 2.56. The minimum absolute atomic E-state index is 0.0412. The summed E-state index contributed by atoms with van der Waals surface area (Å²) >= 11 is 5.07. The summed E-state index contributed by atoms with van der Waals surface area (Å²) in [6.45, 7) is 8.78. The Morgan fingerprint density at radius 2 is 1.85 bits per heavy atom. The highest BCUT2D eigenvalue weighted by molar-refractivity contribution is 7.89. The number of thiocarbonyl (C=S) groups is 1. The molecule has 0 radical (unpaired) electrons. The highest BCUT2D eigenvalue weighted by atomic mass is 32.2. The zero-order valence-electron chi connectivity index (χ0n) is 12.5. The van der Waals surface area contributed by atoms with E-state index in [-0.39, 0.29) is 17.9 Å². The van der Waals surface area contributed by atoms with Gasteiger partial charge in [0.2, 0.25) is 10.0 Å². The Hall–Kier alpha value is -0.280. The van der Waals surface area contributed by atoms with E-state index in [1.807, 2.05) is 20.8 Å². The predicted molar refractivity (Wildman–Crippen MR) is 84.3 cm³/mol. The molecule has 6 nitrogen and oxygen atoms in total. The number of nitrogens with zero attached hydrogens (tertiary/aromatic N) is 2. The molecule has 8 heteroatoms. The lowest BCUT2D eigenvalue weighted by atomic mass is 10.0. The number of rotatable bonds is 7. The molecule has 0 atom stereocenters. The lowest BCUT2D eigenvalue weighted by Crippen LogP contribution is -2.60. The molecule has 1 aliphatic heterocycles. The first-order valence-electron chi connectivity index (χ1n) is 6.82. The van der Waals surface area contributed by atoms with Crippen molar-refractivity contribution in [1.82, 2.24) is 9.21 Å². The monoisotopic (exact) mass is 323 g/mol. The Morgan fingerprint density at radius 3 is 2.30 bits per heavy atom. The van der Waals surface area contributed by atoms with E-state index in [9.17, 15) is 8.42 Å². The van der Waals surface area contributed by atoms with Crippen LogP contribution in [-0.4, -0.2) is 73.3 Å². The van der Waals surface area contributed by atoms with Crippen molar-refractivity contribution in [1.29, 1.82) is 0 Å². The van der Waals surface area contributed by atoms with Gasteiger partial charge in [0.1, 0.15) is 0 Å². The van der Waals surface area contributed by atoms with Gasteiger partial charge in [0, 0.05) is 32.8 Å². The van der Waals surface area contributed by atoms with E-state index in [4.69, 9.17) is 22.7 Å². The van der Waals surface area contributed by atoms with Gasteiger partial charge in [0.05, 0.1) is 22.9 Å². The maximum Gasteiger partial charge on any atom is 0.216 e. The highest BCUT2D eigenvalue weighted by Crippen LogP contribution is 2.18. The second-order valence-electron chi connectivity index (χ2n) is 5.32. The van der Waals surface area contributed by atoms with Gasteiger partial charge >= 0.3 is 0 Å². The first-order valence-corrected chi connectivity index (χ1v) is 8.84. The molecule has 1 rings (SSSR count). The van der Waals surface area contributed by atoms with Crippen molar-refractivity contribution in [3.63, 3.8) is 0 Å². The maximum absolute atomic E-state index is 12.1. The van der Waals surface area contributed by atoms with Gasteiger partial charge in [-0.2, -0.15) is 4.31 Å². The third-order valence-corrected chi connectivity index (χ3v) is 6.05. The van der Waals surface area contributed by atoms with E-state index in [1.165, 1.54) is 4.31 Å². The largest absolute Gasteiger partial charge is 0.392 e. The van der Waals surface area contributed by atoms with Crippen LogP contribution in [0.15, 0.2) is 0 Å². The zero-order chi connectivity index (χ0) is 15.4. The normalized spacial score (nSPS) is 19.1. The molecule has 0 saturated carbocycles. The summed E-state index contributed by atoms with van der Waals surface area (Å²) < 4.78 is 30.9. The summed E-state index contributed by atoms with van der Waals surface area (Å²) in [5.74, 6) is 0.0412. The molecule has 118 valence electrons. The second-order valence-corrected chi connectivity index (χ2v) is 7.85. The molecule has 0 spiro atoms. The molecule has 1 saturated heterocycles. The van der Waals surface area contributed by atoms with Crippen molar-refractivity contribution in [2.75, 3.05) is 45.1 Å². The van der Waals surface area contributed by atoms with E-state index in [0.29, 0.717) is 37.8 Å². The van der Waals surface area contributed by atoms with Crippen LogP contribution in [0.4, 0.5) is 0 Å². The van der Waals surface area contributed by atoms with Crippen LogP contribution in [0.3, 0.4) is 0 Å². The number of piperazine rings is 1. The van der Waals surface area contributed by atoms with Gasteiger partial charge in [-0.15, -0.1) is 0 Å². The van der Waals surface area contributed by atoms with Crippen LogP contribution < -0.4 is 5.73 Å². The van der Waals surface area contributed by atoms with E-state index < -0.39 is 10.0 Å². The molecule has 2 N–H and O–H groups in total. The molecule has 1 fully saturated rings. The summed E-state index contributed by atoms with van der Waals surface area (Å²) in [6, 6.07) is 0. The van der Waals surface area contributed by atoms with Crippen LogP contribution in [0.5, 0.6) is 0 Å². The van der Waals surface area contributed by atoms with Crippen molar-refractivity contribution in [3.05, 3.63) is 0 Å². The second kappa shape index (κ2) is 7.13. The fourth-order valence-electron chi connectivity index (χ4n) is 2.12. The summed E-state index contributed by atoms with van der Waals surface area (Å²) in [7, 11) is -3.23. The van der Waals surface area contributed by atoms with Crippen LogP contribution >= 0.6 is 12.2 Å². The third-order valence-electron chi connectivity index (χ3n) is 3.72.